The minimum Gasteiger partial charge on any atom is -1.00 e. The molecule has 2 N–H and O–H groups in total. The maximum Gasteiger partial charge on any atom is 1.00 e. The zero-order chi connectivity index (χ0) is 6.57. The predicted molar refractivity (Wildman–Crippen MR) is 29.7 cm³/mol. The van der Waals surface area contributed by atoms with Gasteiger partial charge in [0.05, 0.1) is 12.5 Å². The van der Waals surface area contributed by atoms with Gasteiger partial charge in [-0.1, -0.05) is 6.92 Å². The molecule has 0 aromatic rings. The number of hydrogen-bond donors (Lipinski definition) is 2. The van der Waals surface area contributed by atoms with Crippen LogP contribution in [-0.2, 0) is 4.79 Å². The first-order valence-corrected chi connectivity index (χ1v) is 2.56. The van der Waals surface area contributed by atoms with Crippen LogP contribution in [0.5, 0.6) is 0 Å². The summed E-state index contributed by atoms with van der Waals surface area (Å²) in [7, 11) is 0. The summed E-state index contributed by atoms with van der Waals surface area (Å²) >= 11 is 0. The van der Waals surface area contributed by atoms with Crippen LogP contribution in [0.4, 0.5) is 0 Å². The number of aliphatic hydroxyl groups is 1. The van der Waals surface area contributed by atoms with Crippen LogP contribution in [0.15, 0.2) is 0 Å². The molecule has 50 valence electrons. The van der Waals surface area contributed by atoms with Gasteiger partial charge in [-0.2, -0.15) is 0 Å². The van der Waals surface area contributed by atoms with E-state index in [0.717, 1.165) is 0 Å². The van der Waals surface area contributed by atoms with Crippen molar-refractivity contribution in [2.75, 3.05) is 0 Å². The van der Waals surface area contributed by atoms with E-state index in [1.54, 1.807) is 6.92 Å². The molecule has 0 fully saturated rings. The Bertz CT molecular complexity index is 89.0. The Morgan fingerprint density at radius 1 is 1.78 bits per heavy atom. The molecule has 0 radical (unpaired) electrons. The van der Waals surface area contributed by atoms with Crippen molar-refractivity contribution in [3.63, 3.8) is 0 Å². The molecule has 4 heteroatoms. The number of aliphatic carboxylic acids is 1. The smallest absolute Gasteiger partial charge is 1.00 e. The summed E-state index contributed by atoms with van der Waals surface area (Å²) in [5.41, 5.74) is 0. The van der Waals surface area contributed by atoms with E-state index in [4.69, 9.17) is 10.2 Å². The van der Waals surface area contributed by atoms with Gasteiger partial charge < -0.3 is 11.6 Å². The van der Waals surface area contributed by atoms with Gasteiger partial charge in [0.25, 0.3) is 0 Å². The average molecular weight is 142 g/mol. The molecule has 0 rings (SSSR count). The Morgan fingerprint density at radius 3 is 2.33 bits per heavy atom. The van der Waals surface area contributed by atoms with Crippen LogP contribution in [0.25, 0.3) is 0 Å². The second kappa shape index (κ2) is 6.55. The van der Waals surface area contributed by atoms with E-state index in [1.165, 1.54) is 0 Å². The largest absolute Gasteiger partial charge is 1.00 e. The Morgan fingerprint density at radius 2 is 2.22 bits per heavy atom. The van der Waals surface area contributed by atoms with E-state index in [1.807, 2.05) is 0 Å². The van der Waals surface area contributed by atoms with Gasteiger partial charge >= 0.3 is 35.5 Å². The SMILES string of the molecule is CCC(O)CC(=O)O.[H-].[Na+]. The second-order valence-electron chi connectivity index (χ2n) is 1.66. The van der Waals surface area contributed by atoms with Crippen LogP contribution in [0.1, 0.15) is 21.2 Å². The first-order chi connectivity index (χ1) is 3.66. The Hall–Kier alpha value is 0.430. The molecule has 0 aliphatic rings. The molecular formula is C5H11NaO3. The molecule has 1 atom stereocenters. The van der Waals surface area contributed by atoms with Crippen LogP contribution in [0, 0.1) is 0 Å². The van der Waals surface area contributed by atoms with Crippen LogP contribution in [-0.4, -0.2) is 22.3 Å². The van der Waals surface area contributed by atoms with Crippen molar-refractivity contribution in [3.05, 3.63) is 0 Å². The minimum absolute atomic E-state index is 0. The van der Waals surface area contributed by atoms with Crippen LogP contribution >= 0.6 is 0 Å². The van der Waals surface area contributed by atoms with Crippen molar-refractivity contribution in [2.24, 2.45) is 0 Å². The summed E-state index contributed by atoms with van der Waals surface area (Å²) in [5, 5.41) is 16.7. The average Bonchev–Trinajstić information content (AvgIpc) is 1.65. The molecule has 3 nitrogen and oxygen atoms in total. The molecule has 0 aromatic carbocycles. The standard InChI is InChI=1S/C5H10O3.Na.H/c1-2-4(6)3-5(7)8;;/h4,6H,2-3H2,1H3,(H,7,8);;/q;+1;-1. The molecule has 0 saturated carbocycles. The topological polar surface area (TPSA) is 57.5 Å². The van der Waals surface area contributed by atoms with Crippen molar-refractivity contribution in [3.8, 4) is 0 Å². The number of carbonyl (C=O) groups is 1. The fourth-order valence-electron chi connectivity index (χ4n) is 0.346. The van der Waals surface area contributed by atoms with Crippen molar-refractivity contribution in [2.45, 2.75) is 25.9 Å². The van der Waals surface area contributed by atoms with Gasteiger partial charge in [-0.25, -0.2) is 0 Å². The van der Waals surface area contributed by atoms with Gasteiger partial charge in [-0.05, 0) is 6.42 Å². The summed E-state index contributed by atoms with van der Waals surface area (Å²) in [4.78, 5) is 9.81. The van der Waals surface area contributed by atoms with E-state index in [2.05, 4.69) is 0 Å². The van der Waals surface area contributed by atoms with E-state index in [0.29, 0.717) is 6.42 Å². The molecule has 0 aliphatic carbocycles. The Balaban J connectivity index is -0.000000245. The van der Waals surface area contributed by atoms with E-state index < -0.39 is 12.1 Å². The zero-order valence-electron chi connectivity index (χ0n) is 6.79. The van der Waals surface area contributed by atoms with Crippen LogP contribution < -0.4 is 29.6 Å². The van der Waals surface area contributed by atoms with Crippen LogP contribution in [0.3, 0.4) is 0 Å². The quantitative estimate of drug-likeness (QED) is 0.423. The Labute approximate surface area is 77.8 Å². The third kappa shape index (κ3) is 8.43. The van der Waals surface area contributed by atoms with Gasteiger partial charge in [-0.3, -0.25) is 4.79 Å². The summed E-state index contributed by atoms with van der Waals surface area (Å²) in [5.74, 6) is -0.945. The molecule has 9 heavy (non-hydrogen) atoms. The van der Waals surface area contributed by atoms with Crippen molar-refractivity contribution in [1.29, 1.82) is 0 Å². The molecular weight excluding hydrogens is 131 g/mol. The molecule has 0 bridgehead atoms. The monoisotopic (exact) mass is 142 g/mol. The van der Waals surface area contributed by atoms with E-state index in [9.17, 15) is 4.79 Å². The molecule has 0 saturated heterocycles. The predicted octanol–water partition coefficient (Wildman–Crippen LogP) is -2.65. The maximum atomic E-state index is 9.81. The molecule has 0 aromatic heterocycles. The molecule has 0 amide bonds. The van der Waals surface area contributed by atoms with Crippen molar-refractivity contribution in [1.82, 2.24) is 0 Å². The third-order valence-electron chi connectivity index (χ3n) is 0.881. The molecule has 1 unspecified atom stereocenters. The van der Waals surface area contributed by atoms with Gasteiger partial charge in [0.15, 0.2) is 0 Å². The zero-order valence-corrected chi connectivity index (χ0v) is 7.79. The van der Waals surface area contributed by atoms with E-state index in [-0.39, 0.29) is 37.4 Å². The number of aliphatic hydroxyl groups excluding tert-OH is 1. The van der Waals surface area contributed by atoms with Crippen molar-refractivity contribution < 1.29 is 46.0 Å². The summed E-state index contributed by atoms with van der Waals surface area (Å²) in [6, 6.07) is 0. The minimum atomic E-state index is -0.945. The molecule has 0 heterocycles. The fourth-order valence-corrected chi connectivity index (χ4v) is 0.346. The third-order valence-corrected chi connectivity index (χ3v) is 0.881. The fraction of sp³-hybridized carbons (Fsp3) is 0.800. The molecule has 0 spiro atoms. The summed E-state index contributed by atoms with van der Waals surface area (Å²) < 4.78 is 0. The summed E-state index contributed by atoms with van der Waals surface area (Å²) in [6.07, 6.45) is -0.310. The first-order valence-electron chi connectivity index (χ1n) is 2.56. The number of hydrogen-bond acceptors (Lipinski definition) is 2. The van der Waals surface area contributed by atoms with E-state index >= 15 is 0 Å². The van der Waals surface area contributed by atoms with Gasteiger partial charge in [-0.15, -0.1) is 0 Å². The maximum absolute atomic E-state index is 9.81. The Kier molecular flexibility index (Phi) is 8.83. The van der Waals surface area contributed by atoms with Crippen LogP contribution in [0.2, 0.25) is 0 Å². The summed E-state index contributed by atoms with van der Waals surface area (Å²) in [6.45, 7) is 1.74. The van der Waals surface area contributed by atoms with Crippen molar-refractivity contribution >= 4 is 5.97 Å². The normalized spacial score (nSPS) is 11.8. The van der Waals surface area contributed by atoms with Gasteiger partial charge in [0.2, 0.25) is 0 Å². The van der Waals surface area contributed by atoms with Gasteiger partial charge in [0.1, 0.15) is 0 Å². The number of carboxylic acids is 1. The number of carboxylic acid groups (broad SMARTS) is 1. The first kappa shape index (κ1) is 12.1. The second-order valence-corrected chi connectivity index (χ2v) is 1.66. The number of rotatable bonds is 3. The molecule has 0 aliphatic heterocycles. The van der Waals surface area contributed by atoms with Gasteiger partial charge in [0, 0.05) is 0 Å².